The molecule has 2 N–H and O–H groups in total. The number of allylic oxidation sites excluding steroid dienone is 2. The zero-order chi connectivity index (χ0) is 20.6. The van der Waals surface area contributed by atoms with Crippen molar-refractivity contribution in [2.75, 3.05) is 0 Å². The largest absolute Gasteiger partial charge is 0.465 e. The number of ketones is 2. The molecule has 5 rings (SSSR count). The van der Waals surface area contributed by atoms with Crippen LogP contribution in [0.3, 0.4) is 0 Å². The van der Waals surface area contributed by atoms with Crippen LogP contribution in [0.1, 0.15) is 75.5 Å². The van der Waals surface area contributed by atoms with E-state index in [1.807, 2.05) is 25.1 Å². The number of rotatable bonds is 2. The van der Waals surface area contributed by atoms with Crippen LogP contribution in [0.2, 0.25) is 0 Å². The Labute approximate surface area is 170 Å². The van der Waals surface area contributed by atoms with Crippen molar-refractivity contribution in [3.63, 3.8) is 0 Å². The van der Waals surface area contributed by atoms with E-state index in [4.69, 9.17) is 4.74 Å². The van der Waals surface area contributed by atoms with Crippen molar-refractivity contribution in [2.24, 2.45) is 17.3 Å². The first-order valence-electron chi connectivity index (χ1n) is 10.8. The Bertz CT molecular complexity index is 933. The molecule has 5 heteroatoms. The number of fused-ring (bicyclic) bond motifs is 3. The second-order valence-electron chi connectivity index (χ2n) is 9.27. The first-order chi connectivity index (χ1) is 13.9. The molecule has 29 heavy (non-hydrogen) atoms. The number of hydrogen-bond acceptors (Lipinski definition) is 5. The van der Waals surface area contributed by atoms with Gasteiger partial charge in [-0.15, -0.1) is 0 Å². The van der Waals surface area contributed by atoms with E-state index in [1.54, 1.807) is 6.07 Å². The molecule has 0 bridgehead atoms. The third-order valence-corrected chi connectivity index (χ3v) is 7.92. The van der Waals surface area contributed by atoms with E-state index < -0.39 is 23.2 Å². The number of carbonyl (C=O) groups excluding carboxylic acids is 2. The van der Waals surface area contributed by atoms with Crippen molar-refractivity contribution in [2.45, 2.75) is 70.2 Å². The summed E-state index contributed by atoms with van der Waals surface area (Å²) in [5.74, 6) is -1.94. The SMILES string of the molecule is CCC1CC(=O)C2=C(C1)O[C@@]1(O)CC(CC)CC(=O)[C@]13[C@@H](O)c1ccccc1[C@H]23. The fourth-order valence-corrected chi connectivity index (χ4v) is 6.39. The van der Waals surface area contributed by atoms with E-state index in [0.29, 0.717) is 36.2 Å². The fourth-order valence-electron chi connectivity index (χ4n) is 6.39. The lowest BCUT2D eigenvalue weighted by Gasteiger charge is -2.56. The minimum absolute atomic E-state index is 0.00176. The molecule has 1 spiro atoms. The number of Topliss-reactive ketones (excluding diaryl/α,β-unsaturated/α-hetero) is 2. The lowest BCUT2D eigenvalue weighted by molar-refractivity contribution is -0.298. The van der Waals surface area contributed by atoms with Crippen molar-refractivity contribution in [1.82, 2.24) is 0 Å². The van der Waals surface area contributed by atoms with Crippen molar-refractivity contribution < 1.29 is 24.5 Å². The minimum Gasteiger partial charge on any atom is -0.465 e. The molecule has 0 amide bonds. The van der Waals surface area contributed by atoms with Gasteiger partial charge in [-0.3, -0.25) is 9.59 Å². The van der Waals surface area contributed by atoms with E-state index in [1.165, 1.54) is 0 Å². The number of aliphatic hydroxyl groups is 2. The molecule has 5 nitrogen and oxygen atoms in total. The van der Waals surface area contributed by atoms with Gasteiger partial charge in [0, 0.05) is 37.2 Å². The standard InChI is InChI=1S/C24H28O5/c1-3-13-9-17(25)20-18(10-13)29-23(28)12-14(4-2)11-19(26)24(23)21(20)15-7-5-6-8-16(15)22(24)27/h5-8,13-14,21-22,27-28H,3-4,9-12H2,1-2H3/t13?,14?,21-,22+,23+,24+/m1/s1. The van der Waals surface area contributed by atoms with Gasteiger partial charge in [0.05, 0.1) is 6.10 Å². The highest BCUT2D eigenvalue weighted by Crippen LogP contribution is 2.69. The van der Waals surface area contributed by atoms with Gasteiger partial charge in [0.1, 0.15) is 17.0 Å². The first kappa shape index (κ1) is 19.0. The Hall–Kier alpha value is -1.98. The molecule has 4 aliphatic rings. The van der Waals surface area contributed by atoms with Crippen molar-refractivity contribution >= 4 is 11.6 Å². The van der Waals surface area contributed by atoms with Gasteiger partial charge in [-0.1, -0.05) is 51.0 Å². The van der Waals surface area contributed by atoms with Crippen molar-refractivity contribution in [3.05, 3.63) is 46.7 Å². The fraction of sp³-hybridized carbons (Fsp3) is 0.583. The molecular weight excluding hydrogens is 368 g/mol. The molecule has 1 saturated carbocycles. The molecule has 1 aromatic carbocycles. The van der Waals surface area contributed by atoms with Crippen LogP contribution in [0.4, 0.5) is 0 Å². The highest BCUT2D eigenvalue weighted by molar-refractivity contribution is 6.02. The van der Waals surface area contributed by atoms with Crippen LogP contribution in [-0.4, -0.2) is 27.6 Å². The lowest BCUT2D eigenvalue weighted by atomic mass is 9.54. The Morgan fingerprint density at radius 2 is 1.72 bits per heavy atom. The summed E-state index contributed by atoms with van der Waals surface area (Å²) in [7, 11) is 0. The molecular formula is C24H28O5. The predicted octanol–water partition coefficient (Wildman–Crippen LogP) is 3.55. The van der Waals surface area contributed by atoms with Crippen molar-refractivity contribution in [3.8, 4) is 0 Å². The summed E-state index contributed by atoms with van der Waals surface area (Å²) in [5.41, 5.74) is 0.366. The van der Waals surface area contributed by atoms with E-state index in [9.17, 15) is 19.8 Å². The van der Waals surface area contributed by atoms with Gasteiger partial charge >= 0.3 is 0 Å². The monoisotopic (exact) mass is 396 g/mol. The molecule has 6 atom stereocenters. The summed E-state index contributed by atoms with van der Waals surface area (Å²) in [6, 6.07) is 7.37. The van der Waals surface area contributed by atoms with Gasteiger partial charge in [0.2, 0.25) is 5.79 Å². The number of hydrogen-bond donors (Lipinski definition) is 2. The Morgan fingerprint density at radius 1 is 1.03 bits per heavy atom. The predicted molar refractivity (Wildman–Crippen MR) is 106 cm³/mol. The molecule has 1 aliphatic heterocycles. The normalized spacial score (nSPS) is 40.7. The van der Waals surface area contributed by atoms with Crippen LogP contribution >= 0.6 is 0 Å². The minimum atomic E-state index is -1.80. The zero-order valence-corrected chi connectivity index (χ0v) is 17.0. The number of carbonyl (C=O) groups is 2. The van der Waals surface area contributed by atoms with Crippen LogP contribution in [0.5, 0.6) is 0 Å². The summed E-state index contributed by atoms with van der Waals surface area (Å²) in [5, 5.41) is 23.3. The third kappa shape index (κ3) is 2.23. The van der Waals surface area contributed by atoms with Gasteiger partial charge in [-0.25, -0.2) is 0 Å². The molecule has 2 unspecified atom stereocenters. The summed E-state index contributed by atoms with van der Waals surface area (Å²) < 4.78 is 6.23. The average molecular weight is 396 g/mol. The maximum Gasteiger partial charge on any atom is 0.224 e. The number of ether oxygens (including phenoxy) is 1. The Kier molecular flexibility index (Phi) is 4.10. The maximum absolute atomic E-state index is 13.7. The average Bonchev–Trinajstić information content (AvgIpc) is 2.97. The molecule has 3 aliphatic carbocycles. The lowest BCUT2D eigenvalue weighted by Crippen LogP contribution is -2.65. The van der Waals surface area contributed by atoms with E-state index in [-0.39, 0.29) is 29.8 Å². The van der Waals surface area contributed by atoms with Crippen LogP contribution < -0.4 is 0 Å². The summed E-state index contributed by atoms with van der Waals surface area (Å²) in [4.78, 5) is 26.9. The molecule has 154 valence electrons. The molecule has 1 aromatic rings. The third-order valence-electron chi connectivity index (χ3n) is 7.92. The van der Waals surface area contributed by atoms with Crippen LogP contribution in [-0.2, 0) is 14.3 Å². The molecule has 1 fully saturated rings. The number of aliphatic hydroxyl groups excluding tert-OH is 1. The van der Waals surface area contributed by atoms with Crippen molar-refractivity contribution in [1.29, 1.82) is 0 Å². The van der Waals surface area contributed by atoms with Crippen LogP contribution in [0.15, 0.2) is 35.6 Å². The first-order valence-corrected chi connectivity index (χ1v) is 10.8. The van der Waals surface area contributed by atoms with Gasteiger partial charge in [0.15, 0.2) is 5.78 Å². The van der Waals surface area contributed by atoms with Gasteiger partial charge < -0.3 is 14.9 Å². The zero-order valence-electron chi connectivity index (χ0n) is 17.0. The summed E-state index contributed by atoms with van der Waals surface area (Å²) in [6.45, 7) is 4.05. The van der Waals surface area contributed by atoms with E-state index >= 15 is 0 Å². The highest BCUT2D eigenvalue weighted by Gasteiger charge is 2.75. The topological polar surface area (TPSA) is 83.8 Å². The molecule has 0 aromatic heterocycles. The van der Waals surface area contributed by atoms with Gasteiger partial charge in [0.25, 0.3) is 0 Å². The second kappa shape index (κ2) is 6.26. The summed E-state index contributed by atoms with van der Waals surface area (Å²) in [6.07, 6.45) is 2.02. The maximum atomic E-state index is 13.7. The molecule has 0 radical (unpaired) electrons. The van der Waals surface area contributed by atoms with Gasteiger partial charge in [-0.2, -0.15) is 0 Å². The van der Waals surface area contributed by atoms with Gasteiger partial charge in [-0.05, 0) is 23.0 Å². The smallest absolute Gasteiger partial charge is 0.224 e. The number of benzene rings is 1. The van der Waals surface area contributed by atoms with E-state index in [0.717, 1.165) is 18.4 Å². The van der Waals surface area contributed by atoms with E-state index in [2.05, 4.69) is 6.92 Å². The quantitative estimate of drug-likeness (QED) is 0.799. The second-order valence-corrected chi connectivity index (χ2v) is 9.27. The Balaban J connectivity index is 1.79. The van der Waals surface area contributed by atoms with Crippen LogP contribution in [0, 0.1) is 17.3 Å². The molecule has 0 saturated heterocycles. The highest BCUT2D eigenvalue weighted by atomic mass is 16.6. The Morgan fingerprint density at radius 3 is 2.41 bits per heavy atom. The summed E-state index contributed by atoms with van der Waals surface area (Å²) >= 11 is 0. The van der Waals surface area contributed by atoms with Crippen LogP contribution in [0.25, 0.3) is 0 Å². The molecule has 1 heterocycles.